The molecule has 0 radical (unpaired) electrons. The second kappa shape index (κ2) is 6.44. The smallest absolute Gasteiger partial charge is 0.184 e. The summed E-state index contributed by atoms with van der Waals surface area (Å²) in [5.74, 6) is 0.0841. The third kappa shape index (κ3) is 3.54. The number of nitrogens with two attached hydrogens (primary N) is 1. The predicted molar refractivity (Wildman–Crippen MR) is 87.4 cm³/mol. The van der Waals surface area contributed by atoms with Crippen LogP contribution in [-0.4, -0.2) is 18.5 Å². The number of aryl methyl sites for hydroxylation is 1. The van der Waals surface area contributed by atoms with E-state index >= 15 is 0 Å². The number of nitrogen functional groups attached to an aromatic ring is 1. The maximum absolute atomic E-state index is 12.0. The van der Waals surface area contributed by atoms with Crippen LogP contribution in [0, 0.1) is 0 Å². The summed E-state index contributed by atoms with van der Waals surface area (Å²) in [4.78, 5) is 0.125. The number of nitrogens with one attached hydrogen (secondary N) is 1. The Bertz CT molecular complexity index is 706. The molecule has 2 aromatic rings. The minimum Gasteiger partial charge on any atom is -0.382 e. The Morgan fingerprint density at radius 1 is 1.19 bits per heavy atom. The average Bonchev–Trinajstić information content (AvgIpc) is 2.87. The molecular weight excluding hydrogens is 306 g/mol. The molecule has 0 aliphatic carbocycles. The molecule has 21 heavy (non-hydrogen) atoms. The van der Waals surface area contributed by atoms with E-state index in [0.717, 1.165) is 23.5 Å². The first-order chi connectivity index (χ1) is 9.97. The third-order valence-corrected chi connectivity index (χ3v) is 5.99. The summed E-state index contributed by atoms with van der Waals surface area (Å²) in [5, 5.41) is 3.63. The Labute approximate surface area is 129 Å². The van der Waals surface area contributed by atoms with Crippen LogP contribution in [0.1, 0.15) is 25.0 Å². The molecule has 1 heterocycles. The fourth-order valence-electron chi connectivity index (χ4n) is 1.93. The highest BCUT2D eigenvalue weighted by molar-refractivity contribution is 7.91. The lowest BCUT2D eigenvalue weighted by atomic mass is 10.1. The zero-order valence-corrected chi connectivity index (χ0v) is 13.7. The molecule has 0 atom stereocenters. The zero-order valence-electron chi connectivity index (χ0n) is 12.1. The van der Waals surface area contributed by atoms with Gasteiger partial charge in [0.25, 0.3) is 0 Å². The first-order valence-corrected chi connectivity index (χ1v) is 9.20. The molecule has 0 bridgehead atoms. The van der Waals surface area contributed by atoms with Gasteiger partial charge in [0.1, 0.15) is 9.90 Å². The van der Waals surface area contributed by atoms with Gasteiger partial charge in [-0.05, 0) is 29.1 Å². The van der Waals surface area contributed by atoms with Gasteiger partial charge in [0.05, 0.1) is 5.75 Å². The number of anilines is 2. The molecule has 0 aliphatic rings. The number of aromatic nitrogens is 1. The van der Waals surface area contributed by atoms with Crippen molar-refractivity contribution in [2.45, 2.75) is 31.7 Å². The van der Waals surface area contributed by atoms with Gasteiger partial charge in [0.15, 0.2) is 15.7 Å². The van der Waals surface area contributed by atoms with Crippen molar-refractivity contribution >= 4 is 32.2 Å². The molecule has 5 nitrogen and oxygen atoms in total. The lowest BCUT2D eigenvalue weighted by Gasteiger charge is -2.07. The second-order valence-corrected chi connectivity index (χ2v) is 7.64. The van der Waals surface area contributed by atoms with Crippen molar-refractivity contribution < 1.29 is 8.42 Å². The van der Waals surface area contributed by atoms with E-state index in [4.69, 9.17) is 5.73 Å². The average molecular weight is 325 g/mol. The predicted octanol–water partition coefficient (Wildman–Crippen LogP) is 2.69. The maximum atomic E-state index is 12.0. The summed E-state index contributed by atoms with van der Waals surface area (Å²) >= 11 is 1.08. The van der Waals surface area contributed by atoms with E-state index in [1.807, 2.05) is 12.1 Å². The van der Waals surface area contributed by atoms with Gasteiger partial charge in [0.2, 0.25) is 0 Å². The van der Waals surface area contributed by atoms with Crippen LogP contribution < -0.4 is 11.1 Å². The van der Waals surface area contributed by atoms with Crippen molar-refractivity contribution in [3.63, 3.8) is 0 Å². The number of hydrogen-bond acceptors (Lipinski definition) is 6. The molecule has 2 rings (SSSR count). The molecule has 1 aromatic carbocycles. The van der Waals surface area contributed by atoms with Crippen molar-refractivity contribution in [2.24, 2.45) is 0 Å². The molecule has 0 amide bonds. The fourth-order valence-corrected chi connectivity index (χ4v) is 4.09. The van der Waals surface area contributed by atoms with E-state index in [1.165, 1.54) is 5.56 Å². The number of hydrogen-bond donors (Lipinski definition) is 2. The molecule has 0 saturated carbocycles. The molecule has 7 heteroatoms. The minimum absolute atomic E-state index is 0.00941. The highest BCUT2D eigenvalue weighted by Gasteiger charge is 2.23. The Morgan fingerprint density at radius 3 is 2.38 bits per heavy atom. The lowest BCUT2D eigenvalue weighted by molar-refractivity contribution is 0.598. The van der Waals surface area contributed by atoms with Gasteiger partial charge in [-0.3, -0.25) is 0 Å². The topological polar surface area (TPSA) is 85.1 Å². The van der Waals surface area contributed by atoms with Crippen molar-refractivity contribution in [1.82, 2.24) is 4.37 Å². The first kappa shape index (κ1) is 15.8. The van der Waals surface area contributed by atoms with Crippen LogP contribution in [0.5, 0.6) is 0 Å². The van der Waals surface area contributed by atoms with Crippen LogP contribution in [0.4, 0.5) is 10.8 Å². The van der Waals surface area contributed by atoms with Crippen molar-refractivity contribution in [1.29, 1.82) is 0 Å². The SMILES string of the molecule is CCc1ccc(CNc2snc(N)c2S(=O)(=O)CC)cc1. The maximum Gasteiger partial charge on any atom is 0.184 e. The van der Waals surface area contributed by atoms with Crippen LogP contribution in [-0.2, 0) is 22.8 Å². The summed E-state index contributed by atoms with van der Waals surface area (Å²) in [5.41, 5.74) is 8.05. The van der Waals surface area contributed by atoms with Crippen LogP contribution in [0.2, 0.25) is 0 Å². The van der Waals surface area contributed by atoms with E-state index in [9.17, 15) is 8.42 Å². The molecule has 3 N–H and O–H groups in total. The van der Waals surface area contributed by atoms with Gasteiger partial charge in [-0.15, -0.1) is 0 Å². The number of rotatable bonds is 6. The molecule has 0 unspecified atom stereocenters. The summed E-state index contributed by atoms with van der Waals surface area (Å²) in [6.45, 7) is 4.24. The Kier molecular flexibility index (Phi) is 4.84. The molecule has 114 valence electrons. The third-order valence-electron chi connectivity index (χ3n) is 3.25. The van der Waals surface area contributed by atoms with Gasteiger partial charge >= 0.3 is 0 Å². The Balaban J connectivity index is 2.17. The summed E-state index contributed by atoms with van der Waals surface area (Å²) in [6.07, 6.45) is 0.998. The minimum atomic E-state index is -3.37. The number of benzene rings is 1. The first-order valence-electron chi connectivity index (χ1n) is 6.77. The number of sulfone groups is 1. The van der Waals surface area contributed by atoms with E-state index in [2.05, 4.69) is 28.7 Å². The quantitative estimate of drug-likeness (QED) is 0.853. The highest BCUT2D eigenvalue weighted by atomic mass is 32.2. The van der Waals surface area contributed by atoms with Gasteiger partial charge in [-0.2, -0.15) is 4.37 Å². The van der Waals surface area contributed by atoms with Crippen molar-refractivity contribution in [3.8, 4) is 0 Å². The van der Waals surface area contributed by atoms with Crippen LogP contribution in [0.3, 0.4) is 0 Å². The highest BCUT2D eigenvalue weighted by Crippen LogP contribution is 2.32. The van der Waals surface area contributed by atoms with Gasteiger partial charge in [-0.1, -0.05) is 38.1 Å². The van der Waals surface area contributed by atoms with Crippen LogP contribution in [0.25, 0.3) is 0 Å². The number of nitrogens with zero attached hydrogens (tertiary/aromatic N) is 1. The summed E-state index contributed by atoms with van der Waals surface area (Å²) in [7, 11) is -3.37. The molecule has 0 spiro atoms. The Hall–Kier alpha value is -1.60. The van der Waals surface area contributed by atoms with Gasteiger partial charge < -0.3 is 11.1 Å². The van der Waals surface area contributed by atoms with Crippen molar-refractivity contribution in [2.75, 3.05) is 16.8 Å². The largest absolute Gasteiger partial charge is 0.382 e. The van der Waals surface area contributed by atoms with Crippen LogP contribution >= 0.6 is 11.5 Å². The monoisotopic (exact) mass is 325 g/mol. The van der Waals surface area contributed by atoms with E-state index in [0.29, 0.717) is 11.5 Å². The van der Waals surface area contributed by atoms with Crippen molar-refractivity contribution in [3.05, 3.63) is 35.4 Å². The standard InChI is InChI=1S/C14H19N3O2S2/c1-3-10-5-7-11(8-6-10)9-16-14-12(13(15)17-20-14)21(18,19)4-2/h5-8,16H,3-4,9H2,1-2H3,(H2,15,17). The molecule has 0 aliphatic heterocycles. The normalized spacial score (nSPS) is 11.5. The van der Waals surface area contributed by atoms with E-state index < -0.39 is 9.84 Å². The van der Waals surface area contributed by atoms with E-state index in [1.54, 1.807) is 6.92 Å². The second-order valence-electron chi connectivity index (χ2n) is 4.65. The van der Waals surface area contributed by atoms with Crippen LogP contribution in [0.15, 0.2) is 29.2 Å². The molecule has 0 saturated heterocycles. The zero-order chi connectivity index (χ0) is 15.5. The Morgan fingerprint density at radius 2 is 1.81 bits per heavy atom. The summed E-state index contributed by atoms with van der Waals surface area (Å²) in [6, 6.07) is 8.21. The lowest BCUT2D eigenvalue weighted by Crippen LogP contribution is -2.09. The fraction of sp³-hybridized carbons (Fsp3) is 0.357. The molecule has 0 fully saturated rings. The molecular formula is C14H19N3O2S2. The summed E-state index contributed by atoms with van der Waals surface area (Å²) < 4.78 is 28.0. The molecule has 1 aromatic heterocycles. The van der Waals surface area contributed by atoms with E-state index in [-0.39, 0.29) is 16.5 Å². The van der Waals surface area contributed by atoms with Gasteiger partial charge in [-0.25, -0.2) is 8.42 Å². The van der Waals surface area contributed by atoms with Gasteiger partial charge in [0, 0.05) is 6.54 Å².